The highest BCUT2D eigenvalue weighted by Gasteiger charge is 2.42. The summed E-state index contributed by atoms with van der Waals surface area (Å²) in [6.07, 6.45) is -6.29. The third-order valence-electron chi connectivity index (χ3n) is 3.77. The maximum Gasteiger partial charge on any atom is 0.451 e. The Hall–Kier alpha value is -2.39. The summed E-state index contributed by atoms with van der Waals surface area (Å²) in [5.74, 6) is -1.63. The van der Waals surface area contributed by atoms with Crippen LogP contribution in [0.3, 0.4) is 0 Å². The third kappa shape index (κ3) is 3.52. The fraction of sp³-hybridized carbons (Fsp3) is 0.400. The van der Waals surface area contributed by atoms with E-state index < -0.39 is 23.7 Å². The molecule has 0 amide bonds. The van der Waals surface area contributed by atoms with Crippen LogP contribution in [0.5, 0.6) is 0 Å². The first-order chi connectivity index (χ1) is 11.6. The minimum absolute atomic E-state index is 0.0907. The number of aromatic nitrogens is 3. The molecule has 10 heteroatoms. The van der Waals surface area contributed by atoms with Crippen molar-refractivity contribution in [2.24, 2.45) is 0 Å². The molecule has 3 rings (SSSR count). The lowest BCUT2D eigenvalue weighted by atomic mass is 10.0. The van der Waals surface area contributed by atoms with Gasteiger partial charge in [0.05, 0.1) is 17.1 Å². The van der Waals surface area contributed by atoms with Crippen LogP contribution in [0.1, 0.15) is 35.8 Å². The van der Waals surface area contributed by atoms with Crippen molar-refractivity contribution in [3.05, 3.63) is 35.5 Å². The van der Waals surface area contributed by atoms with Gasteiger partial charge >= 0.3 is 12.4 Å². The predicted octanol–water partition coefficient (Wildman–Crippen LogP) is 4.50. The van der Waals surface area contributed by atoms with Crippen molar-refractivity contribution in [2.75, 3.05) is 12.4 Å². The molecule has 0 atom stereocenters. The van der Waals surface area contributed by atoms with E-state index in [1.807, 2.05) is 0 Å². The van der Waals surface area contributed by atoms with Crippen LogP contribution in [-0.4, -0.2) is 22.0 Å². The predicted molar refractivity (Wildman–Crippen MR) is 76.8 cm³/mol. The van der Waals surface area contributed by atoms with E-state index in [2.05, 4.69) is 20.3 Å². The number of hydrogen-bond donors (Lipinski definition) is 1. The second-order valence-corrected chi connectivity index (χ2v) is 5.63. The zero-order valence-electron chi connectivity index (χ0n) is 12.8. The highest BCUT2D eigenvalue weighted by molar-refractivity contribution is 5.67. The Labute approximate surface area is 138 Å². The van der Waals surface area contributed by atoms with Crippen LogP contribution in [0.25, 0.3) is 11.3 Å². The standard InChI is InChI=1S/C15H12F6N4/c1-22-10-4-9(8-5-23-13(24-6-8)15(19,20)21)25-12(7-2-3-7)11(10)14(16,17)18/h4-7H,2-3H2,1H3,(H,22,25). The number of hydrogen-bond acceptors (Lipinski definition) is 4. The number of nitrogens with zero attached hydrogens (tertiary/aromatic N) is 3. The van der Waals surface area contributed by atoms with Gasteiger partial charge in [0, 0.05) is 30.9 Å². The van der Waals surface area contributed by atoms with Crippen molar-refractivity contribution in [1.29, 1.82) is 0 Å². The van der Waals surface area contributed by atoms with Crippen LogP contribution >= 0.6 is 0 Å². The fourth-order valence-electron chi connectivity index (χ4n) is 2.47. The van der Waals surface area contributed by atoms with Gasteiger partial charge in [-0.1, -0.05) is 0 Å². The van der Waals surface area contributed by atoms with Gasteiger partial charge in [0.25, 0.3) is 0 Å². The molecule has 25 heavy (non-hydrogen) atoms. The maximum absolute atomic E-state index is 13.4. The Morgan fingerprint density at radius 2 is 1.60 bits per heavy atom. The molecule has 2 aromatic rings. The van der Waals surface area contributed by atoms with Gasteiger partial charge in [-0.3, -0.25) is 4.98 Å². The second kappa shape index (κ2) is 5.85. The molecule has 0 radical (unpaired) electrons. The zero-order chi connectivity index (χ0) is 18.4. The fourth-order valence-corrected chi connectivity index (χ4v) is 2.47. The van der Waals surface area contributed by atoms with Gasteiger partial charge in [0.15, 0.2) is 0 Å². The SMILES string of the molecule is CNc1cc(-c2cnc(C(F)(F)F)nc2)nc(C2CC2)c1C(F)(F)F. The summed E-state index contributed by atoms with van der Waals surface area (Å²) in [6, 6.07) is 1.14. The van der Waals surface area contributed by atoms with E-state index in [1.165, 1.54) is 7.05 Å². The van der Waals surface area contributed by atoms with Gasteiger partial charge in [-0.15, -0.1) is 0 Å². The van der Waals surface area contributed by atoms with Gasteiger partial charge in [-0.2, -0.15) is 26.3 Å². The summed E-state index contributed by atoms with van der Waals surface area (Å²) in [5, 5.41) is 2.49. The monoisotopic (exact) mass is 362 g/mol. The molecule has 1 saturated carbocycles. The summed E-state index contributed by atoms with van der Waals surface area (Å²) in [7, 11) is 1.34. The minimum atomic E-state index is -4.69. The lowest BCUT2D eigenvalue weighted by molar-refractivity contribution is -0.145. The lowest BCUT2D eigenvalue weighted by Gasteiger charge is -2.18. The largest absolute Gasteiger partial charge is 0.451 e. The smallest absolute Gasteiger partial charge is 0.388 e. The molecule has 1 N–H and O–H groups in total. The van der Waals surface area contributed by atoms with E-state index in [0.717, 1.165) is 18.5 Å². The first kappa shape index (κ1) is 17.4. The number of anilines is 1. The summed E-state index contributed by atoms with van der Waals surface area (Å²) >= 11 is 0. The van der Waals surface area contributed by atoms with Crippen molar-refractivity contribution < 1.29 is 26.3 Å². The molecule has 0 aromatic carbocycles. The van der Waals surface area contributed by atoms with Gasteiger partial charge in [0.1, 0.15) is 5.56 Å². The molecule has 0 spiro atoms. The van der Waals surface area contributed by atoms with Crippen molar-refractivity contribution in [1.82, 2.24) is 15.0 Å². The number of halogens is 6. The van der Waals surface area contributed by atoms with Gasteiger partial charge < -0.3 is 5.32 Å². The Bertz CT molecular complexity index is 778. The number of alkyl halides is 6. The normalized spacial score (nSPS) is 15.3. The molecule has 1 fully saturated rings. The molecule has 134 valence electrons. The highest BCUT2D eigenvalue weighted by Crippen LogP contribution is 2.48. The van der Waals surface area contributed by atoms with Crippen LogP contribution < -0.4 is 5.32 Å². The highest BCUT2D eigenvalue weighted by atomic mass is 19.4. The van der Waals surface area contributed by atoms with Gasteiger partial charge in [0.2, 0.25) is 5.82 Å². The van der Waals surface area contributed by atoms with Crippen molar-refractivity contribution >= 4 is 5.69 Å². The van der Waals surface area contributed by atoms with Crippen LogP contribution in [0.2, 0.25) is 0 Å². The van der Waals surface area contributed by atoms with Crippen molar-refractivity contribution in [2.45, 2.75) is 31.1 Å². The van der Waals surface area contributed by atoms with Crippen LogP contribution in [-0.2, 0) is 12.4 Å². The molecular formula is C15H12F6N4. The molecule has 2 heterocycles. The van der Waals surface area contributed by atoms with E-state index >= 15 is 0 Å². The number of rotatable bonds is 3. The summed E-state index contributed by atoms with van der Waals surface area (Å²) in [5.41, 5.74) is -0.921. The quantitative estimate of drug-likeness (QED) is 0.817. The molecular weight excluding hydrogens is 350 g/mol. The molecule has 1 aliphatic rings. The maximum atomic E-state index is 13.4. The second-order valence-electron chi connectivity index (χ2n) is 5.63. The van der Waals surface area contributed by atoms with E-state index in [9.17, 15) is 26.3 Å². The Morgan fingerprint density at radius 3 is 2.04 bits per heavy atom. The Balaban J connectivity index is 2.10. The molecule has 4 nitrogen and oxygen atoms in total. The summed E-state index contributed by atoms with van der Waals surface area (Å²) < 4.78 is 77.7. The number of nitrogens with one attached hydrogen (secondary N) is 1. The molecule has 2 aromatic heterocycles. The first-order valence-corrected chi connectivity index (χ1v) is 7.30. The van der Waals surface area contributed by atoms with E-state index in [0.29, 0.717) is 12.8 Å². The van der Waals surface area contributed by atoms with Crippen molar-refractivity contribution in [3.63, 3.8) is 0 Å². The van der Waals surface area contributed by atoms with E-state index in [4.69, 9.17) is 0 Å². The summed E-state index contributed by atoms with van der Waals surface area (Å²) in [4.78, 5) is 10.5. The molecule has 0 bridgehead atoms. The first-order valence-electron chi connectivity index (χ1n) is 7.30. The lowest BCUT2D eigenvalue weighted by Crippen LogP contribution is -2.15. The van der Waals surface area contributed by atoms with Crippen LogP contribution in [0.15, 0.2) is 18.5 Å². The molecule has 0 saturated heterocycles. The molecule has 0 aliphatic heterocycles. The van der Waals surface area contributed by atoms with Gasteiger partial charge in [-0.05, 0) is 18.9 Å². The third-order valence-corrected chi connectivity index (χ3v) is 3.77. The van der Waals surface area contributed by atoms with Crippen molar-refractivity contribution in [3.8, 4) is 11.3 Å². The number of pyridine rings is 1. The van der Waals surface area contributed by atoms with E-state index in [-0.39, 0.29) is 28.6 Å². The Morgan fingerprint density at radius 1 is 1.00 bits per heavy atom. The van der Waals surface area contributed by atoms with Crippen LogP contribution in [0, 0.1) is 0 Å². The average Bonchev–Trinajstić information content (AvgIpc) is 3.36. The molecule has 0 unspecified atom stereocenters. The minimum Gasteiger partial charge on any atom is -0.388 e. The summed E-state index contributed by atoms with van der Waals surface area (Å²) in [6.45, 7) is 0. The topological polar surface area (TPSA) is 50.7 Å². The Kier molecular flexibility index (Phi) is 4.08. The zero-order valence-corrected chi connectivity index (χ0v) is 12.8. The molecule has 1 aliphatic carbocycles. The van der Waals surface area contributed by atoms with Crippen LogP contribution in [0.4, 0.5) is 32.0 Å². The average molecular weight is 362 g/mol. The van der Waals surface area contributed by atoms with E-state index in [1.54, 1.807) is 0 Å². The van der Waals surface area contributed by atoms with Gasteiger partial charge in [-0.25, -0.2) is 9.97 Å².